The highest BCUT2D eigenvalue weighted by molar-refractivity contribution is 6.30. The van der Waals surface area contributed by atoms with Crippen LogP contribution in [0, 0.1) is 5.92 Å². The SMILES string of the molecule is Cl.O=C(NCCC1CCCNC1)c1ccccc1C(=O)c1ccc(Cl)cc1. The van der Waals surface area contributed by atoms with Gasteiger partial charge in [-0.1, -0.05) is 29.8 Å². The minimum atomic E-state index is -0.202. The van der Waals surface area contributed by atoms with Crippen molar-refractivity contribution in [3.63, 3.8) is 0 Å². The minimum Gasteiger partial charge on any atom is -0.352 e. The molecule has 1 atom stereocenters. The Kier molecular flexibility index (Phi) is 8.29. The van der Waals surface area contributed by atoms with Gasteiger partial charge < -0.3 is 10.6 Å². The Balaban J connectivity index is 0.00000261. The molecule has 2 aromatic carbocycles. The summed E-state index contributed by atoms with van der Waals surface area (Å²) < 4.78 is 0. The van der Waals surface area contributed by atoms with Gasteiger partial charge in [0, 0.05) is 22.7 Å². The molecule has 2 N–H and O–H groups in total. The summed E-state index contributed by atoms with van der Waals surface area (Å²) in [7, 11) is 0. The van der Waals surface area contributed by atoms with Crippen LogP contribution >= 0.6 is 24.0 Å². The van der Waals surface area contributed by atoms with E-state index in [0.29, 0.717) is 34.2 Å². The van der Waals surface area contributed by atoms with Gasteiger partial charge in [0.25, 0.3) is 5.91 Å². The van der Waals surface area contributed by atoms with Gasteiger partial charge in [0.05, 0.1) is 5.56 Å². The quantitative estimate of drug-likeness (QED) is 0.709. The van der Waals surface area contributed by atoms with Crippen LogP contribution in [0.1, 0.15) is 45.5 Å². The van der Waals surface area contributed by atoms with Gasteiger partial charge in [0.1, 0.15) is 0 Å². The first-order valence-corrected chi connectivity index (χ1v) is 9.41. The fourth-order valence-corrected chi connectivity index (χ4v) is 3.42. The van der Waals surface area contributed by atoms with Crippen LogP contribution in [0.25, 0.3) is 0 Å². The van der Waals surface area contributed by atoms with Crippen LogP contribution < -0.4 is 10.6 Å². The number of ketones is 1. The van der Waals surface area contributed by atoms with Crippen molar-refractivity contribution in [2.75, 3.05) is 19.6 Å². The summed E-state index contributed by atoms with van der Waals surface area (Å²) in [5.74, 6) is 0.227. The second-order valence-corrected chi connectivity index (χ2v) is 7.07. The van der Waals surface area contributed by atoms with E-state index in [9.17, 15) is 9.59 Å². The van der Waals surface area contributed by atoms with Crippen molar-refractivity contribution in [1.29, 1.82) is 0 Å². The summed E-state index contributed by atoms with van der Waals surface area (Å²) in [5.41, 5.74) is 1.34. The predicted octanol–water partition coefficient (Wildman–Crippen LogP) is 4.11. The number of piperidine rings is 1. The molecule has 3 rings (SSSR count). The summed E-state index contributed by atoms with van der Waals surface area (Å²) >= 11 is 5.89. The van der Waals surface area contributed by atoms with Gasteiger partial charge in [0.2, 0.25) is 0 Å². The summed E-state index contributed by atoms with van der Waals surface area (Å²) in [4.78, 5) is 25.4. The molecule has 144 valence electrons. The molecule has 1 unspecified atom stereocenters. The topological polar surface area (TPSA) is 58.2 Å². The first-order valence-electron chi connectivity index (χ1n) is 9.03. The van der Waals surface area contributed by atoms with E-state index < -0.39 is 0 Å². The van der Waals surface area contributed by atoms with Crippen molar-refractivity contribution >= 4 is 35.7 Å². The maximum atomic E-state index is 12.8. The third-order valence-corrected chi connectivity index (χ3v) is 5.01. The lowest BCUT2D eigenvalue weighted by Crippen LogP contribution is -2.33. The van der Waals surface area contributed by atoms with Crippen LogP contribution in [0.15, 0.2) is 48.5 Å². The normalized spacial score (nSPS) is 16.3. The summed E-state index contributed by atoms with van der Waals surface area (Å²) in [6, 6.07) is 13.6. The smallest absolute Gasteiger partial charge is 0.252 e. The van der Waals surface area contributed by atoms with Gasteiger partial charge in [-0.25, -0.2) is 0 Å². The first kappa shape index (κ1) is 21.4. The fraction of sp³-hybridized carbons (Fsp3) is 0.333. The van der Waals surface area contributed by atoms with Crippen molar-refractivity contribution in [3.8, 4) is 0 Å². The van der Waals surface area contributed by atoms with E-state index in [1.165, 1.54) is 12.8 Å². The maximum Gasteiger partial charge on any atom is 0.252 e. The van der Waals surface area contributed by atoms with E-state index in [0.717, 1.165) is 19.5 Å². The molecule has 1 aliphatic rings. The summed E-state index contributed by atoms with van der Waals surface area (Å²) in [6.07, 6.45) is 3.34. The Morgan fingerprint density at radius 1 is 1.07 bits per heavy atom. The number of halogens is 2. The Labute approximate surface area is 171 Å². The van der Waals surface area contributed by atoms with Crippen LogP contribution in [-0.2, 0) is 0 Å². The van der Waals surface area contributed by atoms with E-state index in [4.69, 9.17) is 11.6 Å². The first-order chi connectivity index (χ1) is 12.6. The Morgan fingerprint density at radius 2 is 1.78 bits per heavy atom. The zero-order valence-electron chi connectivity index (χ0n) is 15.0. The molecule has 1 aliphatic heterocycles. The van der Waals surface area contributed by atoms with Crippen LogP contribution in [0.5, 0.6) is 0 Å². The molecule has 0 aromatic heterocycles. The van der Waals surface area contributed by atoms with Gasteiger partial charge >= 0.3 is 0 Å². The molecule has 0 bridgehead atoms. The van der Waals surface area contributed by atoms with Crippen molar-refractivity contribution in [2.45, 2.75) is 19.3 Å². The average Bonchev–Trinajstić information content (AvgIpc) is 2.69. The molecule has 1 heterocycles. The van der Waals surface area contributed by atoms with E-state index >= 15 is 0 Å². The van der Waals surface area contributed by atoms with Gasteiger partial charge in [-0.05, 0) is 68.6 Å². The van der Waals surface area contributed by atoms with Gasteiger partial charge in [-0.2, -0.15) is 0 Å². The standard InChI is InChI=1S/C21H23ClN2O2.ClH/c22-17-9-7-16(8-10-17)20(25)18-5-1-2-6-19(18)21(26)24-13-11-15-4-3-12-23-14-15;/h1-2,5-10,15,23H,3-4,11-14H2,(H,24,26);1H. The average molecular weight is 407 g/mol. The van der Waals surface area contributed by atoms with E-state index in [1.807, 2.05) is 0 Å². The highest BCUT2D eigenvalue weighted by Gasteiger charge is 2.18. The number of amides is 1. The highest BCUT2D eigenvalue weighted by Crippen LogP contribution is 2.17. The van der Waals surface area contributed by atoms with E-state index in [-0.39, 0.29) is 24.1 Å². The molecule has 4 nitrogen and oxygen atoms in total. The summed E-state index contributed by atoms with van der Waals surface area (Å²) in [5, 5.41) is 6.92. The number of carbonyl (C=O) groups excluding carboxylic acids is 2. The zero-order valence-corrected chi connectivity index (χ0v) is 16.6. The van der Waals surface area contributed by atoms with Gasteiger partial charge in [-0.15, -0.1) is 12.4 Å². The lowest BCUT2D eigenvalue weighted by atomic mass is 9.96. The Morgan fingerprint density at radius 3 is 2.44 bits per heavy atom. The van der Waals surface area contributed by atoms with E-state index in [1.54, 1.807) is 48.5 Å². The summed E-state index contributed by atoms with van der Waals surface area (Å²) in [6.45, 7) is 2.72. The fourth-order valence-electron chi connectivity index (χ4n) is 3.29. The lowest BCUT2D eigenvalue weighted by molar-refractivity contribution is 0.0939. The molecule has 6 heteroatoms. The zero-order chi connectivity index (χ0) is 18.4. The second-order valence-electron chi connectivity index (χ2n) is 6.64. The van der Waals surface area contributed by atoms with Crippen molar-refractivity contribution in [3.05, 3.63) is 70.2 Å². The molecule has 1 fully saturated rings. The molecule has 1 amide bonds. The third kappa shape index (κ3) is 5.80. The van der Waals surface area contributed by atoms with Crippen LogP contribution in [0.4, 0.5) is 0 Å². The van der Waals surface area contributed by atoms with E-state index in [2.05, 4.69) is 10.6 Å². The molecular formula is C21H24Cl2N2O2. The van der Waals surface area contributed by atoms with Crippen molar-refractivity contribution in [2.24, 2.45) is 5.92 Å². The molecule has 1 saturated heterocycles. The third-order valence-electron chi connectivity index (χ3n) is 4.76. The largest absolute Gasteiger partial charge is 0.352 e. The number of nitrogens with one attached hydrogen (secondary N) is 2. The number of benzene rings is 2. The number of carbonyl (C=O) groups is 2. The predicted molar refractivity (Wildman–Crippen MR) is 111 cm³/mol. The highest BCUT2D eigenvalue weighted by atomic mass is 35.5. The molecule has 0 aliphatic carbocycles. The van der Waals surface area contributed by atoms with Gasteiger partial charge in [0.15, 0.2) is 5.78 Å². The molecule has 0 spiro atoms. The molecule has 0 radical (unpaired) electrons. The number of hydrogen-bond acceptors (Lipinski definition) is 3. The van der Waals surface area contributed by atoms with Crippen molar-refractivity contribution < 1.29 is 9.59 Å². The monoisotopic (exact) mass is 406 g/mol. The Hall–Kier alpha value is -1.88. The minimum absolute atomic E-state index is 0. The number of rotatable bonds is 6. The molecule has 27 heavy (non-hydrogen) atoms. The second kappa shape index (κ2) is 10.5. The van der Waals surface area contributed by atoms with Crippen molar-refractivity contribution in [1.82, 2.24) is 10.6 Å². The number of hydrogen-bond donors (Lipinski definition) is 2. The van der Waals surface area contributed by atoms with Crippen LogP contribution in [0.3, 0.4) is 0 Å². The molecular weight excluding hydrogens is 383 g/mol. The van der Waals surface area contributed by atoms with Crippen LogP contribution in [0.2, 0.25) is 5.02 Å². The lowest BCUT2D eigenvalue weighted by Gasteiger charge is -2.22. The Bertz CT molecular complexity index is 772. The molecule has 2 aromatic rings. The van der Waals surface area contributed by atoms with Gasteiger partial charge in [-0.3, -0.25) is 9.59 Å². The molecule has 0 saturated carbocycles. The maximum absolute atomic E-state index is 12.8. The van der Waals surface area contributed by atoms with Crippen LogP contribution in [-0.4, -0.2) is 31.3 Å².